The molecule has 15 heavy (non-hydrogen) atoms. The SMILES string of the molecule is CS(=O)(=O)Oc1cncc2ccccc12. The van der Waals surface area contributed by atoms with Crippen LogP contribution in [0.15, 0.2) is 36.7 Å². The standard InChI is InChI=1S/C10H9NO3S/c1-15(12,13)14-10-7-11-6-8-4-2-3-5-9(8)10/h2-7H,1H3. The van der Waals surface area contributed by atoms with Crippen molar-refractivity contribution in [2.75, 3.05) is 6.26 Å². The van der Waals surface area contributed by atoms with E-state index in [4.69, 9.17) is 4.18 Å². The largest absolute Gasteiger partial charge is 0.380 e. The number of rotatable bonds is 2. The molecule has 0 saturated heterocycles. The minimum absolute atomic E-state index is 0.260. The molecule has 0 bridgehead atoms. The molecule has 78 valence electrons. The Morgan fingerprint density at radius 3 is 2.67 bits per heavy atom. The van der Waals surface area contributed by atoms with Crippen molar-refractivity contribution in [3.8, 4) is 5.75 Å². The molecule has 0 aliphatic rings. The highest BCUT2D eigenvalue weighted by molar-refractivity contribution is 7.86. The van der Waals surface area contributed by atoms with E-state index in [1.165, 1.54) is 6.20 Å². The van der Waals surface area contributed by atoms with Gasteiger partial charge in [0.2, 0.25) is 0 Å². The van der Waals surface area contributed by atoms with Gasteiger partial charge in [0.25, 0.3) is 0 Å². The molecule has 0 N–H and O–H groups in total. The van der Waals surface area contributed by atoms with Crippen molar-refractivity contribution in [3.05, 3.63) is 36.7 Å². The van der Waals surface area contributed by atoms with Crippen molar-refractivity contribution in [2.24, 2.45) is 0 Å². The summed E-state index contributed by atoms with van der Waals surface area (Å²) in [5.74, 6) is 0.260. The van der Waals surface area contributed by atoms with Gasteiger partial charge in [0.1, 0.15) is 0 Å². The van der Waals surface area contributed by atoms with Gasteiger partial charge in [-0.25, -0.2) is 0 Å². The fourth-order valence-electron chi connectivity index (χ4n) is 1.32. The molecule has 0 atom stereocenters. The van der Waals surface area contributed by atoms with Crippen LogP contribution in [0.3, 0.4) is 0 Å². The molecule has 0 aliphatic carbocycles. The lowest BCUT2D eigenvalue weighted by Gasteiger charge is -2.05. The van der Waals surface area contributed by atoms with Crippen LogP contribution in [0.2, 0.25) is 0 Å². The summed E-state index contributed by atoms with van der Waals surface area (Å²) in [5, 5.41) is 1.58. The van der Waals surface area contributed by atoms with Crippen LogP contribution >= 0.6 is 0 Å². The van der Waals surface area contributed by atoms with E-state index < -0.39 is 10.1 Å². The van der Waals surface area contributed by atoms with Crippen molar-refractivity contribution >= 4 is 20.9 Å². The van der Waals surface area contributed by atoms with Gasteiger partial charge in [0.05, 0.1) is 12.5 Å². The minimum atomic E-state index is -3.51. The molecule has 0 saturated carbocycles. The second-order valence-corrected chi connectivity index (χ2v) is 4.72. The Kier molecular flexibility index (Phi) is 2.32. The summed E-state index contributed by atoms with van der Waals surface area (Å²) >= 11 is 0. The first-order valence-corrected chi connectivity index (χ1v) is 6.10. The molecule has 1 aromatic carbocycles. The quantitative estimate of drug-likeness (QED) is 0.725. The third-order valence-corrected chi connectivity index (χ3v) is 2.36. The van der Waals surface area contributed by atoms with E-state index in [9.17, 15) is 8.42 Å². The lowest BCUT2D eigenvalue weighted by Crippen LogP contribution is -2.06. The Morgan fingerprint density at radius 1 is 1.20 bits per heavy atom. The van der Waals surface area contributed by atoms with E-state index in [1.54, 1.807) is 12.3 Å². The van der Waals surface area contributed by atoms with Crippen molar-refractivity contribution in [2.45, 2.75) is 0 Å². The number of pyridine rings is 1. The van der Waals surface area contributed by atoms with E-state index >= 15 is 0 Å². The van der Waals surface area contributed by atoms with Crippen molar-refractivity contribution in [1.29, 1.82) is 0 Å². The average molecular weight is 223 g/mol. The predicted octanol–water partition coefficient (Wildman–Crippen LogP) is 1.57. The molecule has 4 nitrogen and oxygen atoms in total. The molecule has 1 aromatic heterocycles. The number of fused-ring (bicyclic) bond motifs is 1. The molecule has 2 rings (SSSR count). The van der Waals surface area contributed by atoms with Gasteiger partial charge in [0.15, 0.2) is 5.75 Å². The summed E-state index contributed by atoms with van der Waals surface area (Å²) in [5.41, 5.74) is 0. The van der Waals surface area contributed by atoms with E-state index in [2.05, 4.69) is 4.98 Å². The van der Waals surface area contributed by atoms with Crippen molar-refractivity contribution in [1.82, 2.24) is 4.98 Å². The lowest BCUT2D eigenvalue weighted by molar-refractivity contribution is 0.494. The maximum Gasteiger partial charge on any atom is 0.306 e. The normalized spacial score (nSPS) is 11.5. The highest BCUT2D eigenvalue weighted by atomic mass is 32.2. The van der Waals surface area contributed by atoms with Crippen LogP contribution in [0.5, 0.6) is 5.75 Å². The molecular weight excluding hydrogens is 214 g/mol. The number of hydrogen-bond donors (Lipinski definition) is 0. The van der Waals surface area contributed by atoms with E-state index in [1.807, 2.05) is 18.2 Å². The van der Waals surface area contributed by atoms with Gasteiger partial charge < -0.3 is 4.18 Å². The zero-order valence-electron chi connectivity index (χ0n) is 8.04. The van der Waals surface area contributed by atoms with Crippen LogP contribution in [-0.2, 0) is 10.1 Å². The summed E-state index contributed by atoms with van der Waals surface area (Å²) in [6.45, 7) is 0. The molecule has 0 radical (unpaired) electrons. The van der Waals surface area contributed by atoms with E-state index in [0.29, 0.717) is 0 Å². The molecule has 0 fully saturated rings. The van der Waals surface area contributed by atoms with Crippen LogP contribution in [0.25, 0.3) is 10.8 Å². The molecular formula is C10H9NO3S. The third kappa shape index (κ3) is 2.24. The monoisotopic (exact) mass is 223 g/mol. The molecule has 2 aromatic rings. The van der Waals surface area contributed by atoms with Crippen LogP contribution in [0, 0.1) is 0 Å². The number of nitrogens with zero attached hydrogens (tertiary/aromatic N) is 1. The zero-order valence-corrected chi connectivity index (χ0v) is 8.86. The van der Waals surface area contributed by atoms with Crippen LogP contribution in [-0.4, -0.2) is 19.7 Å². The van der Waals surface area contributed by atoms with Gasteiger partial charge in [0, 0.05) is 17.0 Å². The summed E-state index contributed by atoms with van der Waals surface area (Å²) in [7, 11) is -3.51. The fourth-order valence-corrected chi connectivity index (χ4v) is 1.78. The van der Waals surface area contributed by atoms with Gasteiger partial charge in [-0.05, 0) is 0 Å². The van der Waals surface area contributed by atoms with Gasteiger partial charge >= 0.3 is 10.1 Å². The Balaban J connectivity index is 2.61. The molecule has 0 aliphatic heterocycles. The summed E-state index contributed by atoms with van der Waals surface area (Å²) in [6.07, 6.45) is 4.06. The van der Waals surface area contributed by atoms with E-state index in [-0.39, 0.29) is 5.75 Å². The number of aromatic nitrogens is 1. The molecule has 0 spiro atoms. The smallest absolute Gasteiger partial charge is 0.306 e. The van der Waals surface area contributed by atoms with Crippen molar-refractivity contribution < 1.29 is 12.6 Å². The second kappa shape index (κ2) is 3.51. The molecule has 5 heteroatoms. The maximum absolute atomic E-state index is 11.0. The summed E-state index contributed by atoms with van der Waals surface area (Å²) in [4.78, 5) is 3.91. The number of hydrogen-bond acceptors (Lipinski definition) is 4. The number of benzene rings is 1. The Morgan fingerprint density at radius 2 is 1.93 bits per heavy atom. The van der Waals surface area contributed by atoms with Crippen LogP contribution in [0.4, 0.5) is 0 Å². The Labute approximate surface area is 87.6 Å². The Bertz CT molecular complexity index is 587. The van der Waals surface area contributed by atoms with Gasteiger partial charge in [-0.1, -0.05) is 24.3 Å². The second-order valence-electron chi connectivity index (χ2n) is 3.15. The zero-order chi connectivity index (χ0) is 10.9. The average Bonchev–Trinajstić information content (AvgIpc) is 2.16. The maximum atomic E-state index is 11.0. The van der Waals surface area contributed by atoms with Crippen LogP contribution < -0.4 is 4.18 Å². The highest BCUT2D eigenvalue weighted by Crippen LogP contribution is 2.24. The molecule has 1 heterocycles. The third-order valence-electron chi connectivity index (χ3n) is 1.87. The summed E-state index contributed by atoms with van der Waals surface area (Å²) in [6, 6.07) is 7.31. The van der Waals surface area contributed by atoms with E-state index in [0.717, 1.165) is 17.0 Å². The van der Waals surface area contributed by atoms with Gasteiger partial charge in [-0.15, -0.1) is 0 Å². The highest BCUT2D eigenvalue weighted by Gasteiger charge is 2.08. The van der Waals surface area contributed by atoms with Crippen molar-refractivity contribution in [3.63, 3.8) is 0 Å². The first kappa shape index (κ1) is 9.92. The van der Waals surface area contributed by atoms with Crippen LogP contribution in [0.1, 0.15) is 0 Å². The summed E-state index contributed by atoms with van der Waals surface area (Å²) < 4.78 is 26.8. The first-order valence-electron chi connectivity index (χ1n) is 4.28. The minimum Gasteiger partial charge on any atom is -0.380 e. The first-order chi connectivity index (χ1) is 7.06. The van der Waals surface area contributed by atoms with Gasteiger partial charge in [-0.3, -0.25) is 4.98 Å². The predicted molar refractivity (Wildman–Crippen MR) is 57.2 cm³/mol. The molecule has 0 amide bonds. The lowest BCUT2D eigenvalue weighted by atomic mass is 10.2. The topological polar surface area (TPSA) is 56.3 Å². The fraction of sp³-hybridized carbons (Fsp3) is 0.100. The Hall–Kier alpha value is -1.62. The van der Waals surface area contributed by atoms with Gasteiger partial charge in [-0.2, -0.15) is 8.42 Å². The molecule has 0 unspecified atom stereocenters.